The summed E-state index contributed by atoms with van der Waals surface area (Å²) in [6.45, 7) is 8.38. The van der Waals surface area contributed by atoms with Gasteiger partial charge in [-0.1, -0.05) is 48.6 Å². The lowest BCUT2D eigenvalue weighted by molar-refractivity contribution is 0.0673. The standard InChI is InChI=1S/C29H34N6O/c1-19-9-12-23(13-10-19)28(36)34-16-15-33(18-21(34)3)29-30-25-14-11-20(2)17-24(25)27-32-31-26(35(27)29)22-7-5-4-6-8-22/h9-14,17,21-22H,4-8,15-16,18H2,1-3H3/t21-/m0/s1. The molecule has 7 heteroatoms. The van der Waals surface area contributed by atoms with E-state index in [1.165, 1.54) is 24.8 Å². The Hall–Kier alpha value is -3.48. The molecule has 1 saturated heterocycles. The fourth-order valence-corrected chi connectivity index (χ4v) is 5.89. The number of rotatable bonds is 3. The van der Waals surface area contributed by atoms with Crippen molar-refractivity contribution in [1.82, 2.24) is 24.5 Å². The highest BCUT2D eigenvalue weighted by Gasteiger charge is 2.32. The molecule has 1 amide bonds. The van der Waals surface area contributed by atoms with Crippen molar-refractivity contribution in [2.75, 3.05) is 24.5 Å². The Labute approximate surface area is 212 Å². The van der Waals surface area contributed by atoms with Crippen molar-refractivity contribution in [3.05, 3.63) is 65.0 Å². The first-order valence-corrected chi connectivity index (χ1v) is 13.3. The number of fused-ring (bicyclic) bond motifs is 3. The summed E-state index contributed by atoms with van der Waals surface area (Å²) < 4.78 is 2.22. The highest BCUT2D eigenvalue weighted by atomic mass is 16.2. The molecular formula is C29H34N6O. The molecule has 36 heavy (non-hydrogen) atoms. The second-order valence-electron chi connectivity index (χ2n) is 10.6. The quantitative estimate of drug-likeness (QED) is 0.397. The van der Waals surface area contributed by atoms with Gasteiger partial charge >= 0.3 is 0 Å². The number of benzene rings is 2. The third-order valence-electron chi connectivity index (χ3n) is 7.94. The molecule has 1 atom stereocenters. The molecule has 1 aliphatic heterocycles. The maximum atomic E-state index is 13.3. The summed E-state index contributed by atoms with van der Waals surface area (Å²) in [5.41, 5.74) is 4.94. The van der Waals surface area contributed by atoms with E-state index in [9.17, 15) is 4.79 Å². The number of piperazine rings is 1. The molecule has 1 saturated carbocycles. The Morgan fingerprint density at radius 2 is 1.67 bits per heavy atom. The molecule has 2 aromatic heterocycles. The Bertz CT molecular complexity index is 1420. The summed E-state index contributed by atoms with van der Waals surface area (Å²) in [4.78, 5) is 22.8. The topological polar surface area (TPSA) is 66.6 Å². The number of anilines is 1. The van der Waals surface area contributed by atoms with E-state index < -0.39 is 0 Å². The van der Waals surface area contributed by atoms with Gasteiger partial charge in [0.1, 0.15) is 5.82 Å². The van der Waals surface area contributed by atoms with E-state index in [2.05, 4.69) is 41.3 Å². The summed E-state index contributed by atoms with van der Waals surface area (Å²) in [5, 5.41) is 10.5. The molecule has 0 radical (unpaired) electrons. The lowest BCUT2D eigenvalue weighted by Gasteiger charge is -2.40. The van der Waals surface area contributed by atoms with Crippen LogP contribution in [0.4, 0.5) is 5.95 Å². The highest BCUT2D eigenvalue weighted by molar-refractivity contribution is 5.95. The molecule has 1 aliphatic carbocycles. The van der Waals surface area contributed by atoms with Gasteiger partial charge in [0.25, 0.3) is 5.91 Å². The fraction of sp³-hybridized carbons (Fsp3) is 0.448. The van der Waals surface area contributed by atoms with Gasteiger partial charge in [0.05, 0.1) is 5.52 Å². The lowest BCUT2D eigenvalue weighted by Crippen LogP contribution is -2.54. The summed E-state index contributed by atoms with van der Waals surface area (Å²) in [6, 6.07) is 14.3. The third-order valence-corrected chi connectivity index (χ3v) is 7.94. The largest absolute Gasteiger partial charge is 0.338 e. The number of aromatic nitrogens is 4. The van der Waals surface area contributed by atoms with Gasteiger partial charge in [0.2, 0.25) is 5.95 Å². The van der Waals surface area contributed by atoms with Crippen LogP contribution < -0.4 is 4.90 Å². The number of carbonyl (C=O) groups is 1. The second-order valence-corrected chi connectivity index (χ2v) is 10.6. The van der Waals surface area contributed by atoms with Crippen molar-refractivity contribution in [2.45, 2.75) is 64.8 Å². The van der Waals surface area contributed by atoms with Gasteiger partial charge in [-0.25, -0.2) is 9.38 Å². The summed E-state index contributed by atoms with van der Waals surface area (Å²) in [7, 11) is 0. The van der Waals surface area contributed by atoms with Gasteiger partial charge in [-0.2, -0.15) is 0 Å². The molecule has 7 nitrogen and oxygen atoms in total. The Morgan fingerprint density at radius 3 is 2.42 bits per heavy atom. The molecule has 0 bridgehead atoms. The SMILES string of the molecule is Cc1ccc(C(=O)N2CCN(c3nc4ccc(C)cc4c4nnc(C5CCCCC5)n34)C[C@@H]2C)cc1. The van der Waals surface area contributed by atoms with Crippen LogP contribution in [0.1, 0.15) is 72.3 Å². The smallest absolute Gasteiger partial charge is 0.254 e. The van der Waals surface area contributed by atoms with E-state index in [0.29, 0.717) is 12.5 Å². The first-order valence-electron chi connectivity index (χ1n) is 13.3. The zero-order valence-corrected chi connectivity index (χ0v) is 21.4. The van der Waals surface area contributed by atoms with Gasteiger partial charge in [0, 0.05) is 42.5 Å². The average Bonchev–Trinajstić information content (AvgIpc) is 3.34. The second kappa shape index (κ2) is 9.19. The van der Waals surface area contributed by atoms with Crippen LogP contribution in [0.3, 0.4) is 0 Å². The maximum Gasteiger partial charge on any atom is 0.254 e. The van der Waals surface area contributed by atoms with Crippen LogP contribution in [0.25, 0.3) is 16.6 Å². The molecule has 2 aliphatic rings. The fourth-order valence-electron chi connectivity index (χ4n) is 5.89. The van der Waals surface area contributed by atoms with Crippen LogP contribution in [-0.4, -0.2) is 56.1 Å². The Balaban J connectivity index is 1.37. The number of hydrogen-bond donors (Lipinski definition) is 0. The van der Waals surface area contributed by atoms with Gasteiger partial charge in [-0.05, 0) is 57.9 Å². The van der Waals surface area contributed by atoms with Crippen molar-refractivity contribution in [3.63, 3.8) is 0 Å². The van der Waals surface area contributed by atoms with E-state index in [0.717, 1.165) is 65.4 Å². The van der Waals surface area contributed by atoms with Crippen molar-refractivity contribution < 1.29 is 4.79 Å². The monoisotopic (exact) mass is 482 g/mol. The van der Waals surface area contributed by atoms with E-state index in [-0.39, 0.29) is 11.9 Å². The zero-order chi connectivity index (χ0) is 24.8. The van der Waals surface area contributed by atoms with Gasteiger partial charge in [-0.3, -0.25) is 4.79 Å². The van der Waals surface area contributed by atoms with E-state index in [4.69, 9.17) is 15.2 Å². The highest BCUT2D eigenvalue weighted by Crippen LogP contribution is 2.35. The third kappa shape index (κ3) is 4.00. The molecule has 3 heterocycles. The minimum atomic E-state index is 0.0627. The average molecular weight is 483 g/mol. The van der Waals surface area contributed by atoms with Crippen LogP contribution in [-0.2, 0) is 0 Å². The van der Waals surface area contributed by atoms with Crippen LogP contribution >= 0.6 is 0 Å². The predicted molar refractivity (Wildman–Crippen MR) is 143 cm³/mol. The summed E-state index contributed by atoms with van der Waals surface area (Å²) >= 11 is 0. The molecular weight excluding hydrogens is 448 g/mol. The first-order chi connectivity index (χ1) is 17.5. The maximum absolute atomic E-state index is 13.3. The molecule has 0 unspecified atom stereocenters. The van der Waals surface area contributed by atoms with E-state index >= 15 is 0 Å². The predicted octanol–water partition coefficient (Wildman–Crippen LogP) is 5.29. The number of nitrogens with zero attached hydrogens (tertiary/aromatic N) is 6. The molecule has 0 spiro atoms. The van der Waals surface area contributed by atoms with Crippen LogP contribution in [0, 0.1) is 13.8 Å². The molecule has 2 aromatic carbocycles. The number of carbonyl (C=O) groups excluding carboxylic acids is 1. The first kappa shape index (κ1) is 23.0. The molecule has 0 N–H and O–H groups in total. The number of hydrogen-bond acceptors (Lipinski definition) is 5. The molecule has 186 valence electrons. The van der Waals surface area contributed by atoms with Crippen LogP contribution in [0.5, 0.6) is 0 Å². The molecule has 6 rings (SSSR count). The van der Waals surface area contributed by atoms with Gasteiger partial charge in [0.15, 0.2) is 5.65 Å². The summed E-state index contributed by atoms with van der Waals surface area (Å²) in [6.07, 6.45) is 6.09. The van der Waals surface area contributed by atoms with Gasteiger partial charge in [-0.15, -0.1) is 10.2 Å². The van der Waals surface area contributed by atoms with E-state index in [1.54, 1.807) is 0 Å². The summed E-state index contributed by atoms with van der Waals surface area (Å²) in [5.74, 6) is 2.46. The van der Waals surface area contributed by atoms with Crippen LogP contribution in [0.2, 0.25) is 0 Å². The molecule has 4 aromatic rings. The van der Waals surface area contributed by atoms with Crippen LogP contribution in [0.15, 0.2) is 42.5 Å². The van der Waals surface area contributed by atoms with Crippen molar-refractivity contribution in [2.24, 2.45) is 0 Å². The van der Waals surface area contributed by atoms with E-state index in [1.807, 2.05) is 36.1 Å². The lowest BCUT2D eigenvalue weighted by atomic mass is 9.89. The minimum Gasteiger partial charge on any atom is -0.338 e. The minimum absolute atomic E-state index is 0.0627. The van der Waals surface area contributed by atoms with Crippen molar-refractivity contribution >= 4 is 28.4 Å². The normalized spacial score (nSPS) is 19.4. The molecule has 2 fully saturated rings. The number of amides is 1. The number of aryl methyl sites for hydroxylation is 2. The van der Waals surface area contributed by atoms with Gasteiger partial charge < -0.3 is 9.80 Å². The van der Waals surface area contributed by atoms with Crippen molar-refractivity contribution in [1.29, 1.82) is 0 Å². The Morgan fingerprint density at radius 1 is 0.917 bits per heavy atom. The zero-order valence-electron chi connectivity index (χ0n) is 21.4. The Kier molecular flexibility index (Phi) is 5.86. The van der Waals surface area contributed by atoms with Crippen molar-refractivity contribution in [3.8, 4) is 0 Å².